The van der Waals surface area contributed by atoms with E-state index >= 15 is 0 Å². The predicted molar refractivity (Wildman–Crippen MR) is 87.0 cm³/mol. The van der Waals surface area contributed by atoms with Gasteiger partial charge in [0.2, 0.25) is 0 Å². The maximum Gasteiger partial charge on any atom is 0.317 e. The van der Waals surface area contributed by atoms with Gasteiger partial charge < -0.3 is 19.6 Å². The Hall–Kier alpha value is -1.60. The Morgan fingerprint density at radius 2 is 2.17 bits per heavy atom. The van der Waals surface area contributed by atoms with E-state index in [1.54, 1.807) is 6.26 Å². The lowest BCUT2D eigenvalue weighted by Crippen LogP contribution is -2.52. The van der Waals surface area contributed by atoms with E-state index in [1.165, 1.54) is 19.4 Å². The van der Waals surface area contributed by atoms with Crippen LogP contribution in [0.15, 0.2) is 16.9 Å². The van der Waals surface area contributed by atoms with E-state index in [0.29, 0.717) is 5.92 Å². The van der Waals surface area contributed by atoms with Crippen molar-refractivity contribution in [1.82, 2.24) is 25.2 Å². The minimum Gasteiger partial charge on any atom is -0.364 e. The molecule has 2 amide bonds. The number of piperazine rings is 1. The zero-order chi connectivity index (χ0) is 16.1. The second-order valence-electron chi connectivity index (χ2n) is 6.71. The van der Waals surface area contributed by atoms with Gasteiger partial charge in [-0.3, -0.25) is 4.90 Å². The monoisotopic (exact) mass is 321 g/mol. The van der Waals surface area contributed by atoms with Gasteiger partial charge in [0.15, 0.2) is 0 Å². The van der Waals surface area contributed by atoms with E-state index in [-0.39, 0.29) is 6.03 Å². The molecule has 2 aliphatic rings. The maximum atomic E-state index is 12.3. The van der Waals surface area contributed by atoms with Crippen molar-refractivity contribution in [3.63, 3.8) is 0 Å². The third-order valence-corrected chi connectivity index (χ3v) is 4.80. The molecule has 0 aromatic carbocycles. The van der Waals surface area contributed by atoms with E-state index in [2.05, 4.69) is 27.3 Å². The summed E-state index contributed by atoms with van der Waals surface area (Å²) in [5.74, 6) is 0.589. The van der Waals surface area contributed by atoms with Crippen LogP contribution in [0, 0.1) is 5.92 Å². The van der Waals surface area contributed by atoms with Crippen LogP contribution in [0.3, 0.4) is 0 Å². The highest BCUT2D eigenvalue weighted by atomic mass is 16.5. The van der Waals surface area contributed by atoms with E-state index < -0.39 is 0 Å². The third-order valence-electron chi connectivity index (χ3n) is 4.80. The Labute approximate surface area is 137 Å². The lowest BCUT2D eigenvalue weighted by atomic mass is 9.99. The van der Waals surface area contributed by atoms with Crippen LogP contribution in [0.4, 0.5) is 4.79 Å². The van der Waals surface area contributed by atoms with Crippen LogP contribution in [0.1, 0.15) is 18.5 Å². The highest BCUT2D eigenvalue weighted by Gasteiger charge is 2.23. The zero-order valence-corrected chi connectivity index (χ0v) is 13.9. The second-order valence-corrected chi connectivity index (χ2v) is 6.71. The fourth-order valence-electron chi connectivity index (χ4n) is 3.44. The molecule has 1 atom stereocenters. The zero-order valence-electron chi connectivity index (χ0n) is 13.9. The van der Waals surface area contributed by atoms with Crippen LogP contribution in [0.25, 0.3) is 0 Å². The van der Waals surface area contributed by atoms with Crippen LogP contribution >= 0.6 is 0 Å². The van der Waals surface area contributed by atoms with Crippen molar-refractivity contribution in [2.75, 3.05) is 52.9 Å². The molecule has 0 bridgehead atoms. The second kappa shape index (κ2) is 7.79. The number of hydrogen-bond acceptors (Lipinski definition) is 5. The Kier molecular flexibility index (Phi) is 5.51. The standard InChI is InChI=1S/C16H27N5O2/c1-19-5-2-3-14(12-19)11-17-16(22)21-8-6-20(7-9-21)13-15-4-10-23-18-15/h4,10,14H,2-3,5-9,11-13H2,1H3,(H,17,22)/t14-/m0/s1. The highest BCUT2D eigenvalue weighted by Crippen LogP contribution is 2.14. The number of amides is 2. The van der Waals surface area contributed by atoms with Crippen molar-refractivity contribution in [2.24, 2.45) is 5.92 Å². The lowest BCUT2D eigenvalue weighted by Gasteiger charge is -2.35. The Morgan fingerprint density at radius 1 is 1.35 bits per heavy atom. The van der Waals surface area contributed by atoms with E-state index in [1.807, 2.05) is 11.0 Å². The molecule has 0 spiro atoms. The number of piperidine rings is 1. The molecule has 2 saturated heterocycles. The molecule has 0 saturated carbocycles. The molecule has 1 aromatic rings. The van der Waals surface area contributed by atoms with Crippen molar-refractivity contribution < 1.29 is 9.32 Å². The van der Waals surface area contributed by atoms with Crippen LogP contribution in [-0.4, -0.2) is 78.7 Å². The van der Waals surface area contributed by atoms with Crippen molar-refractivity contribution in [3.8, 4) is 0 Å². The summed E-state index contributed by atoms with van der Waals surface area (Å²) in [6.45, 7) is 7.16. The van der Waals surface area contributed by atoms with Crippen molar-refractivity contribution in [2.45, 2.75) is 19.4 Å². The summed E-state index contributed by atoms with van der Waals surface area (Å²) in [4.78, 5) is 18.9. The quantitative estimate of drug-likeness (QED) is 0.890. The first kappa shape index (κ1) is 16.3. The molecule has 1 N–H and O–H groups in total. The topological polar surface area (TPSA) is 64.9 Å². The van der Waals surface area contributed by atoms with E-state index in [4.69, 9.17) is 4.52 Å². The number of carbonyl (C=O) groups excluding carboxylic acids is 1. The first-order chi connectivity index (χ1) is 11.2. The van der Waals surface area contributed by atoms with Gasteiger partial charge in [-0.05, 0) is 32.4 Å². The molecule has 3 heterocycles. The van der Waals surface area contributed by atoms with Gasteiger partial charge in [-0.25, -0.2) is 4.79 Å². The fraction of sp³-hybridized carbons (Fsp3) is 0.750. The van der Waals surface area contributed by atoms with E-state index in [9.17, 15) is 4.79 Å². The molecule has 128 valence electrons. The van der Waals surface area contributed by atoms with Crippen molar-refractivity contribution in [3.05, 3.63) is 18.0 Å². The number of nitrogens with zero attached hydrogens (tertiary/aromatic N) is 4. The van der Waals surface area contributed by atoms with Gasteiger partial charge in [0.1, 0.15) is 6.26 Å². The molecule has 2 fully saturated rings. The number of nitrogens with one attached hydrogen (secondary N) is 1. The summed E-state index contributed by atoms with van der Waals surface area (Å²) in [6.07, 6.45) is 4.05. The smallest absolute Gasteiger partial charge is 0.317 e. The molecule has 7 nitrogen and oxygen atoms in total. The van der Waals surface area contributed by atoms with Gasteiger partial charge in [0.05, 0.1) is 5.69 Å². The third kappa shape index (κ3) is 4.68. The normalized spacial score (nSPS) is 23.9. The summed E-state index contributed by atoms with van der Waals surface area (Å²) in [6, 6.07) is 1.97. The minimum absolute atomic E-state index is 0.0827. The van der Waals surface area contributed by atoms with Gasteiger partial charge in [-0.1, -0.05) is 5.16 Å². The average Bonchev–Trinajstić information content (AvgIpc) is 3.06. The molecule has 0 aliphatic carbocycles. The van der Waals surface area contributed by atoms with Gasteiger partial charge in [-0.2, -0.15) is 0 Å². The summed E-state index contributed by atoms with van der Waals surface area (Å²) >= 11 is 0. The van der Waals surface area contributed by atoms with E-state index in [0.717, 1.165) is 51.5 Å². The van der Waals surface area contributed by atoms with Gasteiger partial charge in [-0.15, -0.1) is 0 Å². The van der Waals surface area contributed by atoms with Crippen LogP contribution in [0.5, 0.6) is 0 Å². The summed E-state index contributed by atoms with van der Waals surface area (Å²) in [5, 5.41) is 7.06. The first-order valence-electron chi connectivity index (χ1n) is 8.53. The molecule has 3 rings (SSSR count). The molecule has 0 unspecified atom stereocenters. The lowest BCUT2D eigenvalue weighted by molar-refractivity contribution is 0.130. The number of hydrogen-bond donors (Lipinski definition) is 1. The Morgan fingerprint density at radius 3 is 2.87 bits per heavy atom. The predicted octanol–water partition coefficient (Wildman–Crippen LogP) is 0.844. The largest absolute Gasteiger partial charge is 0.364 e. The summed E-state index contributed by atoms with van der Waals surface area (Å²) in [7, 11) is 2.15. The van der Waals surface area contributed by atoms with Crippen LogP contribution in [-0.2, 0) is 6.54 Å². The number of likely N-dealkylation sites (tertiary alicyclic amines) is 1. The highest BCUT2D eigenvalue weighted by molar-refractivity contribution is 5.74. The minimum atomic E-state index is 0.0827. The van der Waals surface area contributed by atoms with Gasteiger partial charge >= 0.3 is 6.03 Å². The molecule has 2 aliphatic heterocycles. The molecular weight excluding hydrogens is 294 g/mol. The maximum absolute atomic E-state index is 12.3. The molecule has 1 aromatic heterocycles. The number of carbonyl (C=O) groups is 1. The van der Waals surface area contributed by atoms with Crippen molar-refractivity contribution >= 4 is 6.03 Å². The first-order valence-corrected chi connectivity index (χ1v) is 8.53. The number of urea groups is 1. The molecular formula is C16H27N5O2. The fourth-order valence-corrected chi connectivity index (χ4v) is 3.44. The van der Waals surface area contributed by atoms with Crippen LogP contribution in [0.2, 0.25) is 0 Å². The average molecular weight is 321 g/mol. The SMILES string of the molecule is CN1CCC[C@@H](CNC(=O)N2CCN(Cc3ccon3)CC2)C1. The summed E-state index contributed by atoms with van der Waals surface area (Å²) in [5.41, 5.74) is 0.948. The van der Waals surface area contributed by atoms with Crippen molar-refractivity contribution in [1.29, 1.82) is 0 Å². The van der Waals surface area contributed by atoms with Crippen LogP contribution < -0.4 is 5.32 Å². The molecule has 0 radical (unpaired) electrons. The summed E-state index contributed by atoms with van der Waals surface area (Å²) < 4.78 is 4.86. The number of aromatic nitrogens is 1. The Balaban J connectivity index is 1.36. The Bertz CT molecular complexity index is 485. The molecule has 7 heteroatoms. The van der Waals surface area contributed by atoms with Gasteiger partial charge in [0.25, 0.3) is 0 Å². The molecule has 23 heavy (non-hydrogen) atoms. The van der Waals surface area contributed by atoms with Gasteiger partial charge in [0, 0.05) is 51.9 Å². The number of rotatable bonds is 4.